The quantitative estimate of drug-likeness (QED) is 0.631. The van der Waals surface area contributed by atoms with Gasteiger partial charge in [-0.15, -0.1) is 0 Å². The Morgan fingerprint density at radius 2 is 2.11 bits per heavy atom. The summed E-state index contributed by atoms with van der Waals surface area (Å²) < 4.78 is 27.0. The molecule has 5 nitrogen and oxygen atoms in total. The lowest BCUT2D eigenvalue weighted by atomic mass is 10.2. The van der Waals surface area contributed by atoms with Crippen molar-refractivity contribution in [3.05, 3.63) is 23.8 Å². The van der Waals surface area contributed by atoms with Crippen LogP contribution in [0.25, 0.3) is 0 Å². The number of halogens is 1. The lowest BCUT2D eigenvalue weighted by Gasteiger charge is -2.37. The summed E-state index contributed by atoms with van der Waals surface area (Å²) in [6.07, 6.45) is 1.58. The maximum absolute atomic E-state index is 12.2. The van der Waals surface area contributed by atoms with Crippen LogP contribution in [0, 0.1) is 0 Å². The SMILES string of the molecule is COc1cccc2c1S(O)(O)N(CCCCBr)C2=O. The highest BCUT2D eigenvalue weighted by atomic mass is 79.9. The van der Waals surface area contributed by atoms with Gasteiger partial charge in [-0.05, 0) is 25.0 Å². The first-order valence-electron chi connectivity index (χ1n) is 5.87. The van der Waals surface area contributed by atoms with E-state index in [1.165, 1.54) is 7.11 Å². The lowest BCUT2D eigenvalue weighted by molar-refractivity contribution is 0.0861. The number of ether oxygens (including phenoxy) is 1. The van der Waals surface area contributed by atoms with Crippen molar-refractivity contribution in [2.24, 2.45) is 0 Å². The topological polar surface area (TPSA) is 70.0 Å². The van der Waals surface area contributed by atoms with E-state index in [1.54, 1.807) is 18.2 Å². The molecule has 0 saturated carbocycles. The normalized spacial score (nSPS) is 18.3. The summed E-state index contributed by atoms with van der Waals surface area (Å²) >= 11 is 3.31. The fourth-order valence-electron chi connectivity index (χ4n) is 2.07. The zero-order valence-electron chi connectivity index (χ0n) is 10.5. The van der Waals surface area contributed by atoms with Gasteiger partial charge in [0.1, 0.15) is 10.6 Å². The largest absolute Gasteiger partial charge is 0.495 e. The molecule has 0 spiro atoms. The van der Waals surface area contributed by atoms with Crippen LogP contribution in [0.15, 0.2) is 23.1 Å². The molecule has 1 heterocycles. The number of rotatable bonds is 5. The minimum atomic E-state index is -3.28. The fraction of sp³-hybridized carbons (Fsp3) is 0.417. The predicted molar refractivity (Wildman–Crippen MR) is 78.2 cm³/mol. The Hall–Kier alpha value is -0.760. The Bertz CT molecular complexity index is 495. The van der Waals surface area contributed by atoms with Crippen LogP contribution in [-0.2, 0) is 0 Å². The van der Waals surface area contributed by atoms with Crippen LogP contribution in [0.5, 0.6) is 5.75 Å². The van der Waals surface area contributed by atoms with Crippen LogP contribution in [0.3, 0.4) is 0 Å². The molecular formula is C12H16BrNO4S. The molecule has 1 aromatic rings. The summed E-state index contributed by atoms with van der Waals surface area (Å²) in [5.74, 6) is -0.00249. The van der Waals surface area contributed by atoms with Crippen LogP contribution in [0.4, 0.5) is 0 Å². The molecule has 0 fully saturated rings. The molecule has 1 amide bonds. The van der Waals surface area contributed by atoms with E-state index < -0.39 is 10.8 Å². The molecule has 0 radical (unpaired) electrons. The predicted octanol–water partition coefficient (Wildman–Crippen LogP) is 3.35. The average molecular weight is 350 g/mol. The van der Waals surface area contributed by atoms with E-state index >= 15 is 0 Å². The van der Waals surface area contributed by atoms with Crippen molar-refractivity contribution in [2.75, 3.05) is 19.0 Å². The van der Waals surface area contributed by atoms with Gasteiger partial charge in [-0.25, -0.2) is 4.31 Å². The number of methoxy groups -OCH3 is 1. The van der Waals surface area contributed by atoms with Crippen molar-refractivity contribution < 1.29 is 18.6 Å². The first-order chi connectivity index (χ1) is 9.04. The van der Waals surface area contributed by atoms with Gasteiger partial charge in [0.05, 0.1) is 12.7 Å². The van der Waals surface area contributed by atoms with Crippen LogP contribution in [0.1, 0.15) is 23.2 Å². The van der Waals surface area contributed by atoms with Crippen molar-refractivity contribution in [2.45, 2.75) is 17.7 Å². The molecule has 2 N–H and O–H groups in total. The van der Waals surface area contributed by atoms with Crippen molar-refractivity contribution in [1.82, 2.24) is 4.31 Å². The van der Waals surface area contributed by atoms with Gasteiger partial charge in [-0.2, -0.15) is 0 Å². The van der Waals surface area contributed by atoms with Gasteiger partial charge in [-0.3, -0.25) is 13.9 Å². The number of benzene rings is 1. The van der Waals surface area contributed by atoms with Crippen molar-refractivity contribution in [3.63, 3.8) is 0 Å². The molecule has 0 aliphatic carbocycles. The molecule has 0 saturated heterocycles. The Labute approximate surface area is 122 Å². The number of amides is 1. The molecule has 2 rings (SSSR count). The summed E-state index contributed by atoms with van der Waals surface area (Å²) in [7, 11) is -1.83. The molecule has 1 aromatic carbocycles. The zero-order valence-corrected chi connectivity index (χ0v) is 12.9. The van der Waals surface area contributed by atoms with E-state index in [-0.39, 0.29) is 10.8 Å². The number of carbonyl (C=O) groups excluding carboxylic acids is 1. The van der Waals surface area contributed by atoms with Crippen LogP contribution in [0.2, 0.25) is 0 Å². The number of hydrogen-bond acceptors (Lipinski definition) is 4. The standard InChI is InChI=1S/C12H16BrNO4S/c1-18-10-6-4-5-9-11(10)19(16,17)14(12(9)15)8-3-2-7-13/h4-6,16-17H,2-3,7-8H2,1H3. The molecule has 106 valence electrons. The lowest BCUT2D eigenvalue weighted by Crippen LogP contribution is -2.28. The van der Waals surface area contributed by atoms with Crippen molar-refractivity contribution >= 4 is 32.6 Å². The van der Waals surface area contributed by atoms with Crippen molar-refractivity contribution in [1.29, 1.82) is 0 Å². The number of fused-ring (bicyclic) bond motifs is 1. The molecule has 0 atom stereocenters. The van der Waals surface area contributed by atoms with Gasteiger partial charge in [-0.1, -0.05) is 32.8 Å². The van der Waals surface area contributed by atoms with E-state index in [0.717, 1.165) is 16.1 Å². The monoisotopic (exact) mass is 349 g/mol. The number of alkyl halides is 1. The second-order valence-electron chi connectivity index (χ2n) is 4.16. The first kappa shape index (κ1) is 14.6. The first-order valence-corrected chi connectivity index (χ1v) is 8.49. The highest BCUT2D eigenvalue weighted by Gasteiger charge is 2.43. The molecule has 1 aliphatic rings. The van der Waals surface area contributed by atoms with E-state index in [9.17, 15) is 13.9 Å². The maximum Gasteiger partial charge on any atom is 0.274 e. The molecule has 0 unspecified atom stereocenters. The van der Waals surface area contributed by atoms with Gasteiger partial charge in [0.2, 0.25) is 0 Å². The zero-order chi connectivity index (χ0) is 14.0. The molecule has 0 aromatic heterocycles. The van der Waals surface area contributed by atoms with E-state index in [4.69, 9.17) is 4.74 Å². The third-order valence-corrected chi connectivity index (χ3v) is 5.47. The summed E-state index contributed by atoms with van der Waals surface area (Å²) in [5, 5.41) is 0.824. The number of hydrogen-bond donors (Lipinski definition) is 2. The second kappa shape index (κ2) is 5.70. The van der Waals surface area contributed by atoms with E-state index in [0.29, 0.717) is 24.3 Å². The van der Waals surface area contributed by atoms with Gasteiger partial charge in [0.15, 0.2) is 0 Å². The minimum absolute atomic E-state index is 0.210. The summed E-state index contributed by atoms with van der Waals surface area (Å²) in [5.41, 5.74) is 0.318. The third-order valence-electron chi connectivity index (χ3n) is 2.98. The Morgan fingerprint density at radius 1 is 1.37 bits per heavy atom. The molecule has 0 bridgehead atoms. The van der Waals surface area contributed by atoms with Gasteiger partial charge in [0.25, 0.3) is 5.91 Å². The second-order valence-corrected chi connectivity index (χ2v) is 6.84. The van der Waals surface area contributed by atoms with E-state index in [1.807, 2.05) is 0 Å². The Morgan fingerprint density at radius 3 is 2.74 bits per heavy atom. The highest BCUT2D eigenvalue weighted by Crippen LogP contribution is 2.61. The average Bonchev–Trinajstić information content (AvgIpc) is 2.60. The van der Waals surface area contributed by atoms with Crippen LogP contribution < -0.4 is 4.74 Å². The number of unbranched alkanes of at least 4 members (excludes halogenated alkanes) is 1. The molecule has 7 heteroatoms. The summed E-state index contributed by atoms with van der Waals surface area (Å²) in [6.45, 7) is 0.324. The van der Waals surface area contributed by atoms with Crippen LogP contribution >= 0.6 is 26.7 Å². The fourth-order valence-corrected chi connectivity index (χ4v) is 4.27. The third kappa shape index (κ3) is 2.47. The molecule has 1 aliphatic heterocycles. The minimum Gasteiger partial charge on any atom is -0.495 e. The summed E-state index contributed by atoms with van der Waals surface area (Å²) in [6, 6.07) is 4.90. The number of carbonyl (C=O) groups is 1. The summed E-state index contributed by atoms with van der Waals surface area (Å²) in [4.78, 5) is 12.4. The van der Waals surface area contributed by atoms with Crippen molar-refractivity contribution in [3.8, 4) is 5.75 Å². The van der Waals surface area contributed by atoms with Crippen LogP contribution in [-0.4, -0.2) is 38.3 Å². The van der Waals surface area contributed by atoms with E-state index in [2.05, 4.69) is 15.9 Å². The maximum atomic E-state index is 12.2. The number of nitrogens with zero attached hydrogens (tertiary/aromatic N) is 1. The van der Waals surface area contributed by atoms with Gasteiger partial charge >= 0.3 is 0 Å². The van der Waals surface area contributed by atoms with Gasteiger partial charge < -0.3 is 4.74 Å². The molecular weight excluding hydrogens is 334 g/mol. The Balaban J connectivity index is 2.35. The van der Waals surface area contributed by atoms with Gasteiger partial charge in [0, 0.05) is 11.9 Å². The highest BCUT2D eigenvalue weighted by molar-refractivity contribution is 9.09. The molecule has 19 heavy (non-hydrogen) atoms. The smallest absolute Gasteiger partial charge is 0.274 e. The Kier molecular flexibility index (Phi) is 4.39.